The van der Waals surface area contributed by atoms with E-state index in [1.807, 2.05) is 0 Å². The van der Waals surface area contributed by atoms with E-state index in [0.717, 1.165) is 11.1 Å². The Hall–Kier alpha value is -1.91. The van der Waals surface area contributed by atoms with Crippen LogP contribution >= 0.6 is 0 Å². The van der Waals surface area contributed by atoms with E-state index in [1.54, 1.807) is 6.92 Å². The number of amides is 2. The Bertz CT molecular complexity index is 428. The lowest BCUT2D eigenvalue weighted by Gasteiger charge is -2.08. The molecule has 0 fully saturated rings. The van der Waals surface area contributed by atoms with Gasteiger partial charge < -0.3 is 5.21 Å². The third-order valence-corrected chi connectivity index (χ3v) is 2.20. The van der Waals surface area contributed by atoms with Crippen molar-refractivity contribution < 1.29 is 14.3 Å². The zero-order valence-corrected chi connectivity index (χ0v) is 7.56. The number of fused-ring (bicyclic) bond motifs is 1. The minimum atomic E-state index is -0.391. The Morgan fingerprint density at radius 3 is 2.64 bits per heavy atom. The molecular formula is C9H8N2O3. The molecule has 0 N–H and O–H groups in total. The van der Waals surface area contributed by atoms with Crippen molar-refractivity contribution in [3.63, 3.8) is 0 Å². The molecule has 0 radical (unpaired) electrons. The molecule has 1 aliphatic heterocycles. The van der Waals surface area contributed by atoms with Gasteiger partial charge >= 0.3 is 0 Å². The number of aromatic nitrogens is 1. The van der Waals surface area contributed by atoms with Crippen molar-refractivity contribution in [2.45, 2.75) is 6.92 Å². The zero-order valence-electron chi connectivity index (χ0n) is 7.56. The molecule has 0 bridgehead atoms. The molecular weight excluding hydrogens is 184 g/mol. The molecule has 5 heteroatoms. The van der Waals surface area contributed by atoms with Crippen LogP contribution in [0.15, 0.2) is 18.5 Å². The molecule has 14 heavy (non-hydrogen) atoms. The van der Waals surface area contributed by atoms with E-state index in [-0.39, 0.29) is 11.5 Å². The summed E-state index contributed by atoms with van der Waals surface area (Å²) in [6, 6.07) is 1.37. The number of rotatable bonds is 1. The van der Waals surface area contributed by atoms with E-state index in [9.17, 15) is 14.8 Å². The summed E-state index contributed by atoms with van der Waals surface area (Å²) < 4.78 is 0.517. The second-order valence-corrected chi connectivity index (χ2v) is 2.99. The fraction of sp³-hybridized carbons (Fsp3) is 0.222. The van der Waals surface area contributed by atoms with Crippen molar-refractivity contribution >= 4 is 11.8 Å². The van der Waals surface area contributed by atoms with Gasteiger partial charge in [0.15, 0.2) is 12.4 Å². The molecule has 0 saturated carbocycles. The molecule has 2 heterocycles. The minimum absolute atomic E-state index is 0.189. The van der Waals surface area contributed by atoms with E-state index in [1.165, 1.54) is 12.3 Å². The molecule has 0 aromatic carbocycles. The maximum atomic E-state index is 11.5. The number of hydrogen-bond acceptors (Lipinski definition) is 3. The van der Waals surface area contributed by atoms with Gasteiger partial charge in [0, 0.05) is 12.6 Å². The van der Waals surface area contributed by atoms with E-state index >= 15 is 0 Å². The second-order valence-electron chi connectivity index (χ2n) is 2.99. The number of hydrogen-bond donors (Lipinski definition) is 0. The summed E-state index contributed by atoms with van der Waals surface area (Å²) in [6.45, 7) is 2.04. The monoisotopic (exact) mass is 192 g/mol. The molecule has 72 valence electrons. The minimum Gasteiger partial charge on any atom is -0.619 e. The normalized spacial score (nSPS) is 14.8. The second kappa shape index (κ2) is 2.80. The van der Waals surface area contributed by atoms with Crippen LogP contribution in [0.3, 0.4) is 0 Å². The largest absolute Gasteiger partial charge is 0.619 e. The lowest BCUT2D eigenvalue weighted by Crippen LogP contribution is -2.29. The summed E-state index contributed by atoms with van der Waals surface area (Å²) in [4.78, 5) is 24.2. The van der Waals surface area contributed by atoms with Crippen molar-refractivity contribution in [2.24, 2.45) is 0 Å². The van der Waals surface area contributed by atoms with E-state index < -0.39 is 5.91 Å². The first-order valence-corrected chi connectivity index (χ1v) is 4.24. The first-order valence-electron chi connectivity index (χ1n) is 4.24. The average molecular weight is 192 g/mol. The Morgan fingerprint density at radius 1 is 1.36 bits per heavy atom. The molecule has 1 aromatic rings. The highest BCUT2D eigenvalue weighted by Gasteiger charge is 2.36. The van der Waals surface area contributed by atoms with Crippen molar-refractivity contribution in [2.75, 3.05) is 6.54 Å². The third kappa shape index (κ3) is 0.985. The molecule has 0 atom stereocenters. The van der Waals surface area contributed by atoms with Crippen LogP contribution in [0, 0.1) is 5.21 Å². The summed E-state index contributed by atoms with van der Waals surface area (Å²) in [5.74, 6) is -0.717. The maximum Gasteiger partial charge on any atom is 0.267 e. The quantitative estimate of drug-likeness (QED) is 0.355. The lowest BCUT2D eigenvalue weighted by molar-refractivity contribution is -0.605. The standard InChI is InChI=1S/C9H8N2O3/c1-2-11-8(12)6-3-4-10(14)5-7(6)9(11)13/h3-5H,2H2,1H3. The SMILES string of the molecule is CCN1C(=O)c2cc[n+]([O-])cc2C1=O. The van der Waals surface area contributed by atoms with E-state index in [2.05, 4.69) is 0 Å². The molecule has 1 aromatic heterocycles. The van der Waals surface area contributed by atoms with Crippen molar-refractivity contribution in [1.82, 2.24) is 4.90 Å². The Morgan fingerprint density at radius 2 is 2.00 bits per heavy atom. The van der Waals surface area contributed by atoms with Crippen LogP contribution < -0.4 is 4.73 Å². The van der Waals surface area contributed by atoms with Crippen molar-refractivity contribution in [1.29, 1.82) is 0 Å². The van der Waals surface area contributed by atoms with Gasteiger partial charge in [0.25, 0.3) is 11.8 Å². The highest BCUT2D eigenvalue weighted by atomic mass is 16.5. The lowest BCUT2D eigenvalue weighted by atomic mass is 10.2. The maximum absolute atomic E-state index is 11.5. The molecule has 1 aliphatic rings. The zero-order chi connectivity index (χ0) is 10.3. The van der Waals surface area contributed by atoms with Gasteiger partial charge in [-0.3, -0.25) is 14.5 Å². The number of carbonyl (C=O) groups is 2. The van der Waals surface area contributed by atoms with E-state index in [4.69, 9.17) is 0 Å². The van der Waals surface area contributed by atoms with Gasteiger partial charge in [-0.1, -0.05) is 0 Å². The van der Waals surface area contributed by atoms with Gasteiger partial charge in [-0.2, -0.15) is 4.73 Å². The Balaban J connectivity index is 2.58. The smallest absolute Gasteiger partial charge is 0.267 e. The van der Waals surface area contributed by atoms with Gasteiger partial charge in [-0.05, 0) is 6.92 Å². The molecule has 5 nitrogen and oxygen atoms in total. The van der Waals surface area contributed by atoms with E-state index in [0.29, 0.717) is 16.8 Å². The average Bonchev–Trinajstić information content (AvgIpc) is 2.39. The van der Waals surface area contributed by atoms with Gasteiger partial charge in [0.1, 0.15) is 5.56 Å². The van der Waals surface area contributed by atoms with Crippen LogP contribution in [-0.4, -0.2) is 23.3 Å². The Labute approximate surface area is 80.1 Å². The van der Waals surface area contributed by atoms with Crippen LogP contribution in [0.5, 0.6) is 0 Å². The predicted octanol–water partition coefficient (Wildman–Crippen LogP) is -0.0641. The number of imide groups is 1. The summed E-state index contributed by atoms with van der Waals surface area (Å²) in [6.07, 6.45) is 2.34. The number of nitrogens with zero attached hydrogens (tertiary/aromatic N) is 2. The highest BCUT2D eigenvalue weighted by Crippen LogP contribution is 2.20. The summed E-state index contributed by atoms with van der Waals surface area (Å²) in [7, 11) is 0. The third-order valence-electron chi connectivity index (χ3n) is 2.20. The van der Waals surface area contributed by atoms with Crippen LogP contribution in [0.2, 0.25) is 0 Å². The number of carbonyl (C=O) groups excluding carboxylic acids is 2. The fourth-order valence-electron chi connectivity index (χ4n) is 1.50. The van der Waals surface area contributed by atoms with Gasteiger partial charge in [-0.25, -0.2) is 0 Å². The summed E-state index contributed by atoms with van der Waals surface area (Å²) in [5.41, 5.74) is 0.498. The Kier molecular flexibility index (Phi) is 1.73. The first kappa shape index (κ1) is 8.68. The van der Waals surface area contributed by atoms with Crippen molar-refractivity contribution in [3.05, 3.63) is 34.8 Å². The molecule has 0 saturated heterocycles. The topological polar surface area (TPSA) is 64.3 Å². The van der Waals surface area contributed by atoms with Crippen LogP contribution in [-0.2, 0) is 0 Å². The van der Waals surface area contributed by atoms with Gasteiger partial charge in [0.05, 0.1) is 5.56 Å². The highest BCUT2D eigenvalue weighted by molar-refractivity contribution is 6.20. The molecule has 0 aliphatic carbocycles. The molecule has 2 rings (SSSR count). The fourth-order valence-corrected chi connectivity index (χ4v) is 1.50. The van der Waals surface area contributed by atoms with Crippen LogP contribution in [0.25, 0.3) is 0 Å². The molecule has 0 unspecified atom stereocenters. The summed E-state index contributed by atoms with van der Waals surface area (Å²) >= 11 is 0. The molecule has 0 spiro atoms. The van der Waals surface area contributed by atoms with Crippen molar-refractivity contribution in [3.8, 4) is 0 Å². The van der Waals surface area contributed by atoms with Gasteiger partial charge in [-0.15, -0.1) is 0 Å². The predicted molar refractivity (Wildman–Crippen MR) is 46.4 cm³/mol. The van der Waals surface area contributed by atoms with Gasteiger partial charge in [0.2, 0.25) is 0 Å². The summed E-state index contributed by atoms with van der Waals surface area (Å²) in [5, 5.41) is 10.9. The van der Waals surface area contributed by atoms with Crippen LogP contribution in [0.1, 0.15) is 27.6 Å². The number of pyridine rings is 1. The molecule has 2 amide bonds. The first-order chi connectivity index (χ1) is 6.65. The van der Waals surface area contributed by atoms with Crippen LogP contribution in [0.4, 0.5) is 0 Å².